The van der Waals surface area contributed by atoms with Gasteiger partial charge in [0, 0.05) is 41.8 Å². The Balaban J connectivity index is 2.22. The molecule has 0 aromatic rings. The topological polar surface area (TPSA) is 137 Å². The molecule has 9 unspecified atom stereocenters. The molecular weight excluding hydrogens is 456 g/mol. The molecule has 2 aliphatic rings. The van der Waals surface area contributed by atoms with Crippen LogP contribution in [0.2, 0.25) is 0 Å². The third-order valence-corrected chi connectivity index (χ3v) is 5.67. The number of hydrogen-bond donors (Lipinski definition) is 1. The first-order valence-corrected chi connectivity index (χ1v) is 11.2. The highest BCUT2D eigenvalue weighted by Gasteiger charge is 2.51. The van der Waals surface area contributed by atoms with Crippen molar-refractivity contribution >= 4 is 11.9 Å². The average Bonchev–Trinajstić information content (AvgIpc) is 2.78. The fourth-order valence-electron chi connectivity index (χ4n) is 4.15. The van der Waals surface area contributed by atoms with Crippen molar-refractivity contribution in [3.05, 3.63) is 0 Å². The average molecular weight is 495 g/mol. The van der Waals surface area contributed by atoms with Crippen LogP contribution in [-0.4, -0.2) is 114 Å². The van der Waals surface area contributed by atoms with E-state index < -0.39 is 61.3 Å². The Kier molecular flexibility index (Phi) is 11.6. The summed E-state index contributed by atoms with van der Waals surface area (Å²) in [5, 5.41) is 10.5. The quantitative estimate of drug-likeness (QED) is 0.388. The molecule has 0 bridgehead atoms. The maximum Gasteiger partial charge on any atom is 0.306 e. The number of aliphatic hydroxyl groups is 1. The third kappa shape index (κ3) is 7.31. The predicted octanol–water partition coefficient (Wildman–Crippen LogP) is 0.0261. The van der Waals surface area contributed by atoms with Gasteiger partial charge in [-0.25, -0.2) is 0 Å². The molecule has 0 aromatic carbocycles. The molecule has 0 amide bonds. The van der Waals surface area contributed by atoms with E-state index in [0.29, 0.717) is 0 Å². The smallest absolute Gasteiger partial charge is 0.306 e. The Labute approximate surface area is 200 Å². The lowest BCUT2D eigenvalue weighted by Gasteiger charge is -2.47. The molecular formula is C22H38O12. The molecule has 2 rings (SSSR count). The molecule has 0 saturated carbocycles. The highest BCUT2D eigenvalue weighted by Crippen LogP contribution is 2.32. The van der Waals surface area contributed by atoms with Gasteiger partial charge in [0.2, 0.25) is 0 Å². The van der Waals surface area contributed by atoms with Crippen molar-refractivity contribution in [1.29, 1.82) is 0 Å². The molecule has 0 radical (unpaired) electrons. The standard InChI is InChI=1S/C22H38O12/c1-11(2)8-15(24)30-9-14-16(26-4)18(28-6)20(29-7)22(33-14)34-19-17(27-5)13(32-12(3)23)10-31-21(19)25/h11,13-14,16-22,25H,8-10H2,1-7H3. The van der Waals surface area contributed by atoms with Gasteiger partial charge in [0.15, 0.2) is 18.7 Å². The van der Waals surface area contributed by atoms with Crippen LogP contribution in [0.4, 0.5) is 0 Å². The number of methoxy groups -OCH3 is 4. The fourth-order valence-corrected chi connectivity index (χ4v) is 4.15. The Morgan fingerprint density at radius 2 is 1.56 bits per heavy atom. The SMILES string of the molecule is COC1C(OC(C)=O)COC(O)C1OC1OC(COC(=O)CC(C)C)C(OC)C(OC)C1OC. The van der Waals surface area contributed by atoms with Crippen LogP contribution in [-0.2, 0) is 52.2 Å². The van der Waals surface area contributed by atoms with E-state index in [2.05, 4.69) is 0 Å². The summed E-state index contributed by atoms with van der Waals surface area (Å²) >= 11 is 0. The number of rotatable bonds is 11. The molecule has 1 N–H and O–H groups in total. The molecule has 2 aliphatic heterocycles. The second-order valence-corrected chi connectivity index (χ2v) is 8.60. The van der Waals surface area contributed by atoms with E-state index in [1.54, 1.807) is 0 Å². The summed E-state index contributed by atoms with van der Waals surface area (Å²) in [6.45, 7) is 4.92. The van der Waals surface area contributed by atoms with Crippen LogP contribution in [0.25, 0.3) is 0 Å². The van der Waals surface area contributed by atoms with Crippen molar-refractivity contribution in [2.75, 3.05) is 41.7 Å². The van der Waals surface area contributed by atoms with Gasteiger partial charge in [-0.15, -0.1) is 0 Å². The summed E-state index contributed by atoms with van der Waals surface area (Å²) in [7, 11) is 5.83. The van der Waals surface area contributed by atoms with Crippen molar-refractivity contribution < 1.29 is 57.3 Å². The van der Waals surface area contributed by atoms with E-state index in [-0.39, 0.29) is 31.5 Å². The van der Waals surface area contributed by atoms with Crippen LogP contribution in [0, 0.1) is 5.92 Å². The Morgan fingerprint density at radius 1 is 0.941 bits per heavy atom. The van der Waals surface area contributed by atoms with Crippen LogP contribution in [0.15, 0.2) is 0 Å². The fraction of sp³-hybridized carbons (Fsp3) is 0.909. The van der Waals surface area contributed by atoms with Crippen LogP contribution in [0.5, 0.6) is 0 Å². The Morgan fingerprint density at radius 3 is 2.09 bits per heavy atom. The van der Waals surface area contributed by atoms with Gasteiger partial charge >= 0.3 is 11.9 Å². The Bertz CT molecular complexity index is 643. The van der Waals surface area contributed by atoms with Crippen molar-refractivity contribution in [3.63, 3.8) is 0 Å². The van der Waals surface area contributed by atoms with Gasteiger partial charge in [-0.1, -0.05) is 13.8 Å². The minimum atomic E-state index is -1.39. The lowest BCUT2D eigenvalue weighted by Crippen LogP contribution is -2.64. The number of carbonyl (C=O) groups is 2. The van der Waals surface area contributed by atoms with Gasteiger partial charge in [-0.2, -0.15) is 0 Å². The number of ether oxygens (including phenoxy) is 9. The van der Waals surface area contributed by atoms with Gasteiger partial charge in [-0.05, 0) is 5.92 Å². The summed E-state index contributed by atoms with van der Waals surface area (Å²) in [6.07, 6.45) is -7.80. The zero-order valence-electron chi connectivity index (χ0n) is 20.8. The molecule has 198 valence electrons. The lowest BCUT2D eigenvalue weighted by atomic mass is 9.98. The van der Waals surface area contributed by atoms with Crippen LogP contribution < -0.4 is 0 Å². The molecule has 0 aliphatic carbocycles. The second kappa shape index (κ2) is 13.6. The molecule has 9 atom stereocenters. The minimum absolute atomic E-state index is 0.0702. The second-order valence-electron chi connectivity index (χ2n) is 8.60. The summed E-state index contributed by atoms with van der Waals surface area (Å²) in [5.41, 5.74) is 0. The van der Waals surface area contributed by atoms with Crippen molar-refractivity contribution in [2.45, 2.75) is 82.5 Å². The van der Waals surface area contributed by atoms with Gasteiger partial charge in [-0.3, -0.25) is 9.59 Å². The van der Waals surface area contributed by atoms with Crippen LogP contribution >= 0.6 is 0 Å². The van der Waals surface area contributed by atoms with Crippen molar-refractivity contribution in [3.8, 4) is 0 Å². The first-order valence-electron chi connectivity index (χ1n) is 11.2. The molecule has 2 fully saturated rings. The number of aliphatic hydroxyl groups excluding tert-OH is 1. The van der Waals surface area contributed by atoms with E-state index >= 15 is 0 Å². The molecule has 0 spiro atoms. The minimum Gasteiger partial charge on any atom is -0.463 e. The molecule has 2 heterocycles. The van der Waals surface area contributed by atoms with E-state index in [1.807, 2.05) is 13.8 Å². The molecule has 12 nitrogen and oxygen atoms in total. The maximum atomic E-state index is 12.1. The summed E-state index contributed by atoms with van der Waals surface area (Å²) < 4.78 is 50.4. The largest absolute Gasteiger partial charge is 0.463 e. The van der Waals surface area contributed by atoms with E-state index in [9.17, 15) is 14.7 Å². The van der Waals surface area contributed by atoms with Crippen molar-refractivity contribution in [2.24, 2.45) is 5.92 Å². The summed E-state index contributed by atoms with van der Waals surface area (Å²) in [5.74, 6) is -0.753. The lowest BCUT2D eigenvalue weighted by molar-refractivity contribution is -0.359. The zero-order chi connectivity index (χ0) is 25.4. The van der Waals surface area contributed by atoms with Crippen molar-refractivity contribution in [1.82, 2.24) is 0 Å². The van der Waals surface area contributed by atoms with Gasteiger partial charge in [0.05, 0.1) is 6.61 Å². The summed E-state index contributed by atoms with van der Waals surface area (Å²) in [4.78, 5) is 23.6. The third-order valence-electron chi connectivity index (χ3n) is 5.67. The van der Waals surface area contributed by atoms with Gasteiger partial charge < -0.3 is 47.7 Å². The first kappa shape index (κ1) is 28.9. The van der Waals surface area contributed by atoms with Crippen LogP contribution in [0.1, 0.15) is 27.2 Å². The molecule has 34 heavy (non-hydrogen) atoms. The maximum absolute atomic E-state index is 12.1. The monoisotopic (exact) mass is 494 g/mol. The van der Waals surface area contributed by atoms with E-state index in [0.717, 1.165) is 0 Å². The highest BCUT2D eigenvalue weighted by atomic mass is 16.8. The van der Waals surface area contributed by atoms with Gasteiger partial charge in [0.25, 0.3) is 0 Å². The van der Waals surface area contributed by atoms with E-state index in [4.69, 9.17) is 42.6 Å². The number of carbonyl (C=O) groups excluding carboxylic acids is 2. The molecule has 2 saturated heterocycles. The predicted molar refractivity (Wildman–Crippen MR) is 115 cm³/mol. The number of hydrogen-bond acceptors (Lipinski definition) is 12. The normalized spacial score (nSPS) is 36.3. The van der Waals surface area contributed by atoms with Gasteiger partial charge in [0.1, 0.15) is 43.2 Å². The first-order chi connectivity index (χ1) is 16.2. The van der Waals surface area contributed by atoms with E-state index in [1.165, 1.54) is 35.4 Å². The zero-order valence-corrected chi connectivity index (χ0v) is 20.8. The van der Waals surface area contributed by atoms with Crippen LogP contribution in [0.3, 0.4) is 0 Å². The number of esters is 2. The highest BCUT2D eigenvalue weighted by molar-refractivity contribution is 5.69. The molecule has 0 aromatic heterocycles. The molecule has 12 heteroatoms. The summed E-state index contributed by atoms with van der Waals surface area (Å²) in [6, 6.07) is 0. The Hall–Kier alpha value is -1.38.